The lowest BCUT2D eigenvalue weighted by molar-refractivity contribution is 0.640. The van der Waals surface area contributed by atoms with Crippen LogP contribution in [0.2, 0.25) is 0 Å². The van der Waals surface area contributed by atoms with Crippen LogP contribution in [-0.2, 0) is 6.42 Å². The molecule has 44 heavy (non-hydrogen) atoms. The molecule has 3 aromatic carbocycles. The summed E-state index contributed by atoms with van der Waals surface area (Å²) in [5.74, 6) is 2.26. The summed E-state index contributed by atoms with van der Waals surface area (Å²) in [4.78, 5) is 5.23. The molecular weight excluding hydrogens is 532 g/mol. The Morgan fingerprint density at radius 3 is 2.43 bits per heavy atom. The molecule has 3 unspecified atom stereocenters. The minimum atomic E-state index is 0.274. The molecule has 0 bridgehead atoms. The number of hydrogen-bond acceptors (Lipinski definition) is 1. The SMILES string of the molecule is Cc1ccc2c(C3=CC=CC(C)C3)c3ccccc3c(C3C=CC(n4c(C5=CC=CCC5)nc5c4C=CCC5)=CC3C)c2c1. The Hall–Kier alpha value is -4.43. The van der Waals surface area contributed by atoms with Crippen LogP contribution in [0.1, 0.15) is 79.4 Å². The zero-order chi connectivity index (χ0) is 29.8. The van der Waals surface area contributed by atoms with Crippen molar-refractivity contribution in [3.05, 3.63) is 137 Å². The van der Waals surface area contributed by atoms with Crippen LogP contribution in [0.3, 0.4) is 0 Å². The summed E-state index contributed by atoms with van der Waals surface area (Å²) >= 11 is 0. The first-order valence-corrected chi connectivity index (χ1v) is 16.4. The fraction of sp³-hybridized carbons (Fsp3) is 0.262. The van der Waals surface area contributed by atoms with E-state index in [1.165, 1.54) is 66.5 Å². The highest BCUT2D eigenvalue weighted by atomic mass is 15.1. The summed E-state index contributed by atoms with van der Waals surface area (Å²) in [7, 11) is 0. The van der Waals surface area contributed by atoms with Crippen LogP contribution < -0.4 is 0 Å². The van der Waals surface area contributed by atoms with E-state index < -0.39 is 0 Å². The highest BCUT2D eigenvalue weighted by Crippen LogP contribution is 2.46. The Labute approximate surface area is 261 Å². The van der Waals surface area contributed by atoms with Crippen LogP contribution >= 0.6 is 0 Å². The van der Waals surface area contributed by atoms with Crippen molar-refractivity contribution in [2.75, 3.05) is 0 Å². The third-order valence-corrected chi connectivity index (χ3v) is 10.0. The molecule has 1 aromatic heterocycles. The van der Waals surface area contributed by atoms with Crippen molar-refractivity contribution >= 4 is 44.5 Å². The summed E-state index contributed by atoms with van der Waals surface area (Å²) < 4.78 is 2.44. The smallest absolute Gasteiger partial charge is 0.141 e. The van der Waals surface area contributed by atoms with Gasteiger partial charge >= 0.3 is 0 Å². The Morgan fingerprint density at radius 1 is 0.795 bits per heavy atom. The number of hydrogen-bond donors (Lipinski definition) is 0. The number of allylic oxidation sites excluding steroid dienone is 13. The molecule has 2 heteroatoms. The maximum absolute atomic E-state index is 5.23. The van der Waals surface area contributed by atoms with Gasteiger partial charge in [0.1, 0.15) is 5.82 Å². The number of aromatic nitrogens is 2. The zero-order valence-corrected chi connectivity index (χ0v) is 26.1. The third kappa shape index (κ3) is 4.51. The average molecular weight is 573 g/mol. The van der Waals surface area contributed by atoms with Crippen molar-refractivity contribution < 1.29 is 0 Å². The molecule has 218 valence electrons. The molecule has 0 amide bonds. The predicted molar refractivity (Wildman–Crippen MR) is 188 cm³/mol. The highest BCUT2D eigenvalue weighted by molar-refractivity contribution is 6.12. The minimum Gasteiger partial charge on any atom is -0.293 e. The van der Waals surface area contributed by atoms with E-state index in [4.69, 9.17) is 4.98 Å². The van der Waals surface area contributed by atoms with E-state index in [0.717, 1.165) is 37.9 Å². The number of benzene rings is 3. The first-order chi connectivity index (χ1) is 21.6. The van der Waals surface area contributed by atoms with Crippen molar-refractivity contribution in [1.29, 1.82) is 0 Å². The van der Waals surface area contributed by atoms with E-state index in [1.54, 1.807) is 0 Å². The molecule has 0 fully saturated rings. The predicted octanol–water partition coefficient (Wildman–Crippen LogP) is 11.0. The van der Waals surface area contributed by atoms with Crippen LogP contribution in [0.5, 0.6) is 0 Å². The van der Waals surface area contributed by atoms with Crippen molar-refractivity contribution in [3.8, 4) is 0 Å². The molecule has 0 radical (unpaired) electrons. The second-order valence-corrected chi connectivity index (χ2v) is 13.2. The van der Waals surface area contributed by atoms with Crippen LogP contribution in [0.25, 0.3) is 44.5 Å². The van der Waals surface area contributed by atoms with Gasteiger partial charge < -0.3 is 0 Å². The van der Waals surface area contributed by atoms with E-state index >= 15 is 0 Å². The lowest BCUT2D eigenvalue weighted by atomic mass is 9.76. The van der Waals surface area contributed by atoms with Crippen LogP contribution in [-0.4, -0.2) is 9.55 Å². The molecule has 1 heterocycles. The topological polar surface area (TPSA) is 17.8 Å². The van der Waals surface area contributed by atoms with E-state index in [1.807, 2.05) is 0 Å². The Morgan fingerprint density at radius 2 is 1.61 bits per heavy atom. The molecule has 0 saturated heterocycles. The molecule has 4 aromatic rings. The fourth-order valence-corrected chi connectivity index (χ4v) is 7.89. The van der Waals surface area contributed by atoms with Crippen molar-refractivity contribution in [3.63, 3.8) is 0 Å². The molecule has 0 aliphatic heterocycles. The number of aryl methyl sites for hydroxylation is 2. The number of fused-ring (bicyclic) bond motifs is 3. The maximum Gasteiger partial charge on any atom is 0.141 e. The van der Waals surface area contributed by atoms with Gasteiger partial charge in [0.25, 0.3) is 0 Å². The molecule has 3 atom stereocenters. The van der Waals surface area contributed by atoms with E-state index in [0.29, 0.717) is 11.8 Å². The number of nitrogens with zero attached hydrogens (tertiary/aromatic N) is 2. The second-order valence-electron chi connectivity index (χ2n) is 13.2. The molecule has 4 aliphatic carbocycles. The van der Waals surface area contributed by atoms with Crippen molar-refractivity contribution in [2.45, 2.75) is 58.8 Å². The first kappa shape index (κ1) is 27.1. The average Bonchev–Trinajstić information content (AvgIpc) is 3.44. The van der Waals surface area contributed by atoms with Gasteiger partial charge in [-0.25, -0.2) is 4.98 Å². The highest BCUT2D eigenvalue weighted by Gasteiger charge is 2.28. The largest absolute Gasteiger partial charge is 0.293 e. The normalized spacial score (nSPS) is 22.7. The van der Waals surface area contributed by atoms with Gasteiger partial charge in [0.15, 0.2) is 0 Å². The van der Waals surface area contributed by atoms with Gasteiger partial charge in [-0.1, -0.05) is 117 Å². The van der Waals surface area contributed by atoms with Gasteiger partial charge in [-0.3, -0.25) is 4.57 Å². The quantitative estimate of drug-likeness (QED) is 0.222. The Balaban J connectivity index is 1.29. The summed E-state index contributed by atoms with van der Waals surface area (Å²) in [5, 5.41) is 5.52. The van der Waals surface area contributed by atoms with Crippen molar-refractivity contribution in [2.24, 2.45) is 11.8 Å². The van der Waals surface area contributed by atoms with E-state index in [9.17, 15) is 0 Å². The maximum atomic E-state index is 5.23. The summed E-state index contributed by atoms with van der Waals surface area (Å²) in [6, 6.07) is 16.2. The standard InChI is InChI=1S/C42H40N2/c1-27-12-11-15-31(24-27)40-34-16-7-8-17-35(34)41(37-25-28(2)20-22-36(37)40)33-23-21-32(26-29(33)3)44-39-19-10-9-18-38(39)43-42(44)30-13-5-4-6-14-30/h4-5,7-8,10-13,15-17,19-23,25-27,29,33H,6,9,14,18,24H2,1-3H3. The summed E-state index contributed by atoms with van der Waals surface area (Å²) in [6.07, 6.45) is 30.8. The molecule has 0 spiro atoms. The lowest BCUT2D eigenvalue weighted by Crippen LogP contribution is -2.14. The van der Waals surface area contributed by atoms with E-state index in [-0.39, 0.29) is 5.92 Å². The molecule has 0 N–H and O–H groups in total. The van der Waals surface area contributed by atoms with Crippen LogP contribution in [0, 0.1) is 18.8 Å². The minimum absolute atomic E-state index is 0.274. The second kappa shape index (κ2) is 10.9. The monoisotopic (exact) mass is 572 g/mol. The van der Waals surface area contributed by atoms with Gasteiger partial charge in [-0.15, -0.1) is 0 Å². The number of imidazole rings is 1. The Bertz CT molecular complexity index is 2030. The van der Waals surface area contributed by atoms with Crippen LogP contribution in [0.15, 0.2) is 103 Å². The van der Waals surface area contributed by atoms with Crippen LogP contribution in [0.4, 0.5) is 0 Å². The molecule has 0 saturated carbocycles. The van der Waals surface area contributed by atoms with Gasteiger partial charge in [-0.2, -0.15) is 0 Å². The van der Waals surface area contributed by atoms with Crippen molar-refractivity contribution in [1.82, 2.24) is 9.55 Å². The Kier molecular flexibility index (Phi) is 6.74. The molecule has 2 nitrogen and oxygen atoms in total. The lowest BCUT2D eigenvalue weighted by Gasteiger charge is -2.29. The van der Waals surface area contributed by atoms with Gasteiger partial charge in [0, 0.05) is 11.6 Å². The third-order valence-electron chi connectivity index (χ3n) is 10.0. The molecule has 8 rings (SSSR count). The molecular formula is C42H40N2. The molecule has 4 aliphatic rings. The fourth-order valence-electron chi connectivity index (χ4n) is 7.89. The number of rotatable bonds is 4. The summed E-state index contributed by atoms with van der Waals surface area (Å²) in [5.41, 5.74) is 10.7. The van der Waals surface area contributed by atoms with Gasteiger partial charge in [0.2, 0.25) is 0 Å². The summed E-state index contributed by atoms with van der Waals surface area (Å²) in [6.45, 7) is 6.95. The van der Waals surface area contributed by atoms with E-state index in [2.05, 4.69) is 135 Å². The van der Waals surface area contributed by atoms with Gasteiger partial charge in [-0.05, 0) is 107 Å². The zero-order valence-electron chi connectivity index (χ0n) is 26.1. The first-order valence-electron chi connectivity index (χ1n) is 16.4. The van der Waals surface area contributed by atoms with Gasteiger partial charge in [0.05, 0.1) is 11.4 Å².